The maximum atomic E-state index is 5.98. The maximum absolute atomic E-state index is 5.98. The van der Waals surface area contributed by atoms with E-state index in [1.54, 1.807) is 0 Å². The molecule has 1 saturated carbocycles. The Bertz CT molecular complexity index is 379. The maximum Gasteiger partial charge on any atom is 0.0406 e. The molecule has 1 aliphatic carbocycles. The van der Waals surface area contributed by atoms with Gasteiger partial charge in [0.1, 0.15) is 0 Å². The van der Waals surface area contributed by atoms with E-state index in [9.17, 15) is 0 Å². The third-order valence-electron chi connectivity index (χ3n) is 4.53. The Morgan fingerprint density at radius 2 is 1.75 bits per heavy atom. The lowest BCUT2D eigenvalue weighted by Crippen LogP contribution is -2.27. The van der Waals surface area contributed by atoms with Gasteiger partial charge in [0.15, 0.2) is 0 Å². The fourth-order valence-corrected chi connectivity index (χ4v) is 3.03. The zero-order valence-corrected chi connectivity index (χ0v) is 13.6. The fraction of sp³-hybridized carbons (Fsp3) is 0.667. The first-order chi connectivity index (χ1) is 9.71. The molecule has 1 N–H and O–H groups in total. The van der Waals surface area contributed by atoms with E-state index >= 15 is 0 Å². The summed E-state index contributed by atoms with van der Waals surface area (Å²) in [6.07, 6.45) is 7.87. The van der Waals surface area contributed by atoms with E-state index in [1.807, 2.05) is 12.1 Å². The topological polar surface area (TPSA) is 12.0 Å². The highest BCUT2D eigenvalue weighted by atomic mass is 35.5. The normalized spacial score (nSPS) is 16.6. The molecule has 1 fully saturated rings. The average molecular weight is 294 g/mol. The van der Waals surface area contributed by atoms with Crippen LogP contribution < -0.4 is 5.32 Å². The van der Waals surface area contributed by atoms with E-state index in [0.717, 1.165) is 22.9 Å². The lowest BCUT2D eigenvalue weighted by atomic mass is 9.86. The van der Waals surface area contributed by atoms with Gasteiger partial charge in [-0.2, -0.15) is 0 Å². The molecule has 112 valence electrons. The van der Waals surface area contributed by atoms with Crippen LogP contribution in [0, 0.1) is 11.8 Å². The van der Waals surface area contributed by atoms with Crippen molar-refractivity contribution in [2.24, 2.45) is 11.8 Å². The van der Waals surface area contributed by atoms with Gasteiger partial charge in [-0.1, -0.05) is 50.4 Å². The summed E-state index contributed by atoms with van der Waals surface area (Å²) in [6.45, 7) is 5.81. The van der Waals surface area contributed by atoms with Crippen molar-refractivity contribution in [2.75, 3.05) is 6.54 Å². The van der Waals surface area contributed by atoms with Crippen LogP contribution in [0.3, 0.4) is 0 Å². The molecule has 1 nitrogen and oxygen atoms in total. The molecule has 1 atom stereocenters. The van der Waals surface area contributed by atoms with E-state index < -0.39 is 0 Å². The number of nitrogens with one attached hydrogen (secondary N) is 1. The highest BCUT2D eigenvalue weighted by molar-refractivity contribution is 6.30. The van der Waals surface area contributed by atoms with Crippen molar-refractivity contribution in [3.63, 3.8) is 0 Å². The van der Waals surface area contributed by atoms with Crippen LogP contribution in [-0.2, 0) is 6.42 Å². The molecule has 20 heavy (non-hydrogen) atoms. The first kappa shape index (κ1) is 15.9. The molecule has 1 unspecified atom stereocenters. The minimum Gasteiger partial charge on any atom is -0.314 e. The van der Waals surface area contributed by atoms with Gasteiger partial charge in [-0.05, 0) is 61.8 Å². The molecule has 0 amide bonds. The predicted octanol–water partition coefficient (Wildman–Crippen LogP) is 5.08. The minimum atomic E-state index is 0.752. The van der Waals surface area contributed by atoms with Crippen molar-refractivity contribution in [1.29, 1.82) is 0 Å². The van der Waals surface area contributed by atoms with E-state index in [2.05, 4.69) is 31.3 Å². The molecule has 1 aliphatic rings. The standard InChI is InChI=1S/C18H28ClN/c1-3-14(4-2)11-16(13-20-18-9-10-18)12-15-5-7-17(19)8-6-15/h5-8,14,16,18,20H,3-4,9-13H2,1-2H3. The van der Waals surface area contributed by atoms with Crippen molar-refractivity contribution >= 4 is 11.6 Å². The van der Waals surface area contributed by atoms with Gasteiger partial charge in [0.25, 0.3) is 0 Å². The average Bonchev–Trinajstić information content (AvgIpc) is 3.28. The third-order valence-corrected chi connectivity index (χ3v) is 4.78. The highest BCUT2D eigenvalue weighted by Crippen LogP contribution is 2.25. The summed E-state index contributed by atoms with van der Waals surface area (Å²) in [7, 11) is 0. The van der Waals surface area contributed by atoms with Gasteiger partial charge in [-0.15, -0.1) is 0 Å². The molecular formula is C18H28ClN. The third kappa shape index (κ3) is 5.46. The molecule has 2 rings (SSSR count). The van der Waals surface area contributed by atoms with Crippen LogP contribution >= 0.6 is 11.6 Å². The summed E-state index contributed by atoms with van der Waals surface area (Å²) >= 11 is 5.98. The van der Waals surface area contributed by atoms with Crippen molar-refractivity contribution in [1.82, 2.24) is 5.32 Å². The SMILES string of the molecule is CCC(CC)CC(CNC1CC1)Cc1ccc(Cl)cc1. The zero-order valence-electron chi connectivity index (χ0n) is 12.9. The summed E-state index contributed by atoms with van der Waals surface area (Å²) in [5.41, 5.74) is 1.42. The summed E-state index contributed by atoms with van der Waals surface area (Å²) in [4.78, 5) is 0. The van der Waals surface area contributed by atoms with Crippen LogP contribution in [-0.4, -0.2) is 12.6 Å². The molecule has 1 aromatic rings. The molecule has 0 aromatic heterocycles. The van der Waals surface area contributed by atoms with Crippen molar-refractivity contribution < 1.29 is 0 Å². The number of benzene rings is 1. The van der Waals surface area contributed by atoms with Gasteiger partial charge in [0.2, 0.25) is 0 Å². The Morgan fingerprint density at radius 3 is 2.30 bits per heavy atom. The van der Waals surface area contributed by atoms with Crippen LogP contribution in [0.1, 0.15) is 51.5 Å². The van der Waals surface area contributed by atoms with Gasteiger partial charge < -0.3 is 5.32 Å². The molecule has 1 aromatic carbocycles. The van der Waals surface area contributed by atoms with Gasteiger partial charge >= 0.3 is 0 Å². The van der Waals surface area contributed by atoms with Crippen molar-refractivity contribution in [3.05, 3.63) is 34.9 Å². The van der Waals surface area contributed by atoms with Gasteiger partial charge in [-0.25, -0.2) is 0 Å². The first-order valence-electron chi connectivity index (χ1n) is 8.19. The molecular weight excluding hydrogens is 266 g/mol. The van der Waals surface area contributed by atoms with Crippen molar-refractivity contribution in [3.8, 4) is 0 Å². The number of hydrogen-bond donors (Lipinski definition) is 1. The van der Waals surface area contributed by atoms with Crippen LogP contribution in [0.15, 0.2) is 24.3 Å². The minimum absolute atomic E-state index is 0.752. The lowest BCUT2D eigenvalue weighted by molar-refractivity contribution is 0.337. The monoisotopic (exact) mass is 293 g/mol. The smallest absolute Gasteiger partial charge is 0.0406 e. The lowest BCUT2D eigenvalue weighted by Gasteiger charge is -2.22. The first-order valence-corrected chi connectivity index (χ1v) is 8.56. The van der Waals surface area contributed by atoms with E-state index in [0.29, 0.717) is 0 Å². The summed E-state index contributed by atoms with van der Waals surface area (Å²) in [5, 5.41) is 4.55. The molecule has 0 saturated heterocycles. The van der Waals surface area contributed by atoms with Gasteiger partial charge in [0, 0.05) is 11.1 Å². The molecule has 0 aliphatic heterocycles. The molecule has 0 heterocycles. The van der Waals surface area contributed by atoms with Crippen LogP contribution in [0.4, 0.5) is 0 Å². The van der Waals surface area contributed by atoms with Crippen LogP contribution in [0.2, 0.25) is 5.02 Å². The Morgan fingerprint density at radius 1 is 1.10 bits per heavy atom. The quantitative estimate of drug-likeness (QED) is 0.670. The largest absolute Gasteiger partial charge is 0.314 e. The van der Waals surface area contributed by atoms with E-state index in [-0.39, 0.29) is 0 Å². The Labute approximate surface area is 129 Å². The Kier molecular flexibility index (Phi) is 6.38. The summed E-state index contributed by atoms with van der Waals surface area (Å²) < 4.78 is 0. The number of hydrogen-bond acceptors (Lipinski definition) is 1. The second-order valence-electron chi connectivity index (χ2n) is 6.30. The highest BCUT2D eigenvalue weighted by Gasteiger charge is 2.23. The Balaban J connectivity index is 1.90. The number of rotatable bonds is 9. The second kappa shape index (κ2) is 8.05. The fourth-order valence-electron chi connectivity index (χ4n) is 2.91. The van der Waals surface area contributed by atoms with Gasteiger partial charge in [0.05, 0.1) is 0 Å². The summed E-state index contributed by atoms with van der Waals surface area (Å²) in [5.74, 6) is 1.62. The van der Waals surface area contributed by atoms with Crippen LogP contribution in [0.25, 0.3) is 0 Å². The molecule has 0 radical (unpaired) electrons. The van der Waals surface area contributed by atoms with E-state index in [1.165, 1.54) is 50.6 Å². The van der Waals surface area contributed by atoms with Crippen molar-refractivity contribution in [2.45, 2.75) is 58.4 Å². The molecule has 2 heteroatoms. The number of halogens is 1. The second-order valence-corrected chi connectivity index (χ2v) is 6.73. The Hall–Kier alpha value is -0.530. The van der Waals surface area contributed by atoms with Gasteiger partial charge in [-0.3, -0.25) is 0 Å². The zero-order chi connectivity index (χ0) is 14.4. The van der Waals surface area contributed by atoms with Crippen LogP contribution in [0.5, 0.6) is 0 Å². The summed E-state index contributed by atoms with van der Waals surface area (Å²) in [6, 6.07) is 9.20. The molecule has 0 spiro atoms. The van der Waals surface area contributed by atoms with E-state index in [4.69, 9.17) is 11.6 Å². The molecule has 0 bridgehead atoms. The predicted molar refractivity (Wildman–Crippen MR) is 88.4 cm³/mol.